The molecule has 0 rings (SSSR count). The highest BCUT2D eigenvalue weighted by Gasteiger charge is 1.99. The summed E-state index contributed by atoms with van der Waals surface area (Å²) in [5.41, 5.74) is 0. The molecular formula is C6H18N2Si. The minimum Gasteiger partial charge on any atom is -0.331 e. The summed E-state index contributed by atoms with van der Waals surface area (Å²) in [6.45, 7) is 7.72. The molecule has 0 fully saturated rings. The summed E-state index contributed by atoms with van der Waals surface area (Å²) in [7, 11) is 2.05. The number of nitrogens with one attached hydrogen (secondary N) is 1. The van der Waals surface area contributed by atoms with Gasteiger partial charge in [0.25, 0.3) is 0 Å². The van der Waals surface area contributed by atoms with E-state index < -0.39 is 0 Å². The van der Waals surface area contributed by atoms with Crippen LogP contribution in [0.1, 0.15) is 20.8 Å². The number of hydrogen-bond donors (Lipinski definition) is 1. The van der Waals surface area contributed by atoms with E-state index in [-0.39, 0.29) is 9.84 Å². The van der Waals surface area contributed by atoms with E-state index in [4.69, 9.17) is 0 Å². The largest absolute Gasteiger partial charge is 0.331 e. The second-order valence-electron chi connectivity index (χ2n) is 2.61. The van der Waals surface area contributed by atoms with Crippen LogP contribution in [0.5, 0.6) is 0 Å². The van der Waals surface area contributed by atoms with Crippen molar-refractivity contribution in [1.29, 1.82) is 0 Å². The van der Waals surface area contributed by atoms with Crippen molar-refractivity contribution in [3.05, 3.63) is 0 Å². The Morgan fingerprint density at radius 1 is 1.56 bits per heavy atom. The fraction of sp³-hybridized carbons (Fsp3) is 1.00. The van der Waals surface area contributed by atoms with Crippen LogP contribution in [0.15, 0.2) is 0 Å². The number of hydrogen-bond acceptors (Lipinski definition) is 2. The molecule has 0 saturated carbocycles. The van der Waals surface area contributed by atoms with Crippen molar-refractivity contribution < 1.29 is 0 Å². The lowest BCUT2D eigenvalue weighted by molar-refractivity contribution is 0.435. The Labute approximate surface area is 60.6 Å². The molecule has 0 aromatic heterocycles. The molecule has 0 radical (unpaired) electrons. The molecule has 2 nitrogen and oxygen atoms in total. The molecule has 0 unspecified atom stereocenters. The van der Waals surface area contributed by atoms with Crippen LogP contribution in [0.2, 0.25) is 0 Å². The van der Waals surface area contributed by atoms with E-state index in [1.165, 1.54) is 0 Å². The van der Waals surface area contributed by atoms with Crippen molar-refractivity contribution in [1.82, 2.24) is 9.55 Å². The van der Waals surface area contributed by atoms with Crippen LogP contribution in [0.4, 0.5) is 0 Å². The summed E-state index contributed by atoms with van der Waals surface area (Å²) >= 11 is 0. The normalized spacial score (nSPS) is 12.7. The maximum Gasteiger partial charge on any atom is 0.170 e. The van der Waals surface area contributed by atoms with Crippen LogP contribution in [-0.4, -0.2) is 34.0 Å². The molecule has 9 heavy (non-hydrogen) atoms. The third-order valence-corrected chi connectivity index (χ3v) is 3.45. The van der Waals surface area contributed by atoms with E-state index >= 15 is 0 Å². The van der Waals surface area contributed by atoms with Gasteiger partial charge in [-0.25, -0.2) is 0 Å². The van der Waals surface area contributed by atoms with Crippen molar-refractivity contribution in [3.8, 4) is 0 Å². The van der Waals surface area contributed by atoms with Crippen LogP contribution >= 0.6 is 0 Å². The average molecular weight is 146 g/mol. The van der Waals surface area contributed by atoms with Gasteiger partial charge in [0, 0.05) is 0 Å². The SMILES string of the molecule is CCN[SiH2]N(C)C(C)C. The van der Waals surface area contributed by atoms with Crippen molar-refractivity contribution in [3.63, 3.8) is 0 Å². The summed E-state index contributed by atoms with van der Waals surface area (Å²) in [6, 6.07) is 0.704. The lowest BCUT2D eigenvalue weighted by atomic mass is 10.4. The third kappa shape index (κ3) is 4.63. The van der Waals surface area contributed by atoms with Gasteiger partial charge in [0.1, 0.15) is 0 Å². The van der Waals surface area contributed by atoms with Crippen molar-refractivity contribution in [2.75, 3.05) is 13.6 Å². The van der Waals surface area contributed by atoms with E-state index in [2.05, 4.69) is 37.4 Å². The van der Waals surface area contributed by atoms with Gasteiger partial charge in [-0.15, -0.1) is 0 Å². The van der Waals surface area contributed by atoms with Gasteiger partial charge in [0.2, 0.25) is 0 Å². The molecule has 3 heteroatoms. The average Bonchev–Trinajstić information content (AvgIpc) is 1.82. The Bertz CT molecular complexity index is 66.1. The summed E-state index contributed by atoms with van der Waals surface area (Å²) in [4.78, 5) is 3.39. The molecule has 0 aliphatic rings. The Morgan fingerprint density at radius 3 is 2.44 bits per heavy atom. The summed E-state index contributed by atoms with van der Waals surface area (Å²) < 4.78 is 2.41. The standard InChI is InChI=1S/C6H18N2Si/c1-5-7-9-8(4)6(2)3/h6-7H,5,9H2,1-4H3. The first-order chi connectivity index (χ1) is 4.18. The first-order valence-electron chi connectivity index (χ1n) is 3.59. The van der Waals surface area contributed by atoms with E-state index in [0.717, 1.165) is 6.54 Å². The van der Waals surface area contributed by atoms with Gasteiger partial charge >= 0.3 is 0 Å². The molecule has 0 aromatic rings. The molecule has 0 spiro atoms. The lowest BCUT2D eigenvalue weighted by Crippen LogP contribution is -2.39. The monoisotopic (exact) mass is 146 g/mol. The second kappa shape index (κ2) is 4.96. The number of nitrogens with zero attached hydrogens (tertiary/aromatic N) is 1. The Kier molecular flexibility index (Phi) is 5.04. The van der Waals surface area contributed by atoms with E-state index in [9.17, 15) is 0 Å². The van der Waals surface area contributed by atoms with E-state index in [1.54, 1.807) is 0 Å². The molecule has 0 heterocycles. The molecule has 0 aliphatic heterocycles. The minimum absolute atomic E-state index is 0.128. The highest BCUT2D eigenvalue weighted by molar-refractivity contribution is 6.28. The van der Waals surface area contributed by atoms with Gasteiger partial charge in [-0.3, -0.25) is 0 Å². The van der Waals surface area contributed by atoms with Crippen LogP contribution in [-0.2, 0) is 0 Å². The zero-order valence-electron chi connectivity index (χ0n) is 6.94. The second-order valence-corrected chi connectivity index (χ2v) is 4.43. The first kappa shape index (κ1) is 9.14. The molecule has 0 saturated heterocycles. The van der Waals surface area contributed by atoms with Crippen LogP contribution in [0, 0.1) is 0 Å². The quantitative estimate of drug-likeness (QED) is 0.559. The number of rotatable bonds is 4. The predicted molar refractivity (Wildman–Crippen MR) is 45.1 cm³/mol. The van der Waals surface area contributed by atoms with Crippen LogP contribution < -0.4 is 4.98 Å². The first-order valence-corrected chi connectivity index (χ1v) is 4.93. The zero-order chi connectivity index (χ0) is 7.28. The van der Waals surface area contributed by atoms with Crippen molar-refractivity contribution >= 4 is 9.84 Å². The molecule has 1 N–H and O–H groups in total. The van der Waals surface area contributed by atoms with Gasteiger partial charge in [-0.1, -0.05) is 20.8 Å². The third-order valence-electron chi connectivity index (χ3n) is 1.49. The molecule has 56 valence electrons. The highest BCUT2D eigenvalue weighted by atomic mass is 28.2. The Morgan fingerprint density at radius 2 is 2.11 bits per heavy atom. The molecule has 0 aromatic carbocycles. The minimum atomic E-state index is -0.128. The smallest absolute Gasteiger partial charge is 0.170 e. The maximum atomic E-state index is 3.39. The predicted octanol–water partition coefficient (Wildman–Crippen LogP) is -0.0651. The summed E-state index contributed by atoms with van der Waals surface area (Å²) in [5.74, 6) is 0. The summed E-state index contributed by atoms with van der Waals surface area (Å²) in [6.07, 6.45) is 0. The van der Waals surface area contributed by atoms with Crippen molar-refractivity contribution in [2.24, 2.45) is 0 Å². The maximum absolute atomic E-state index is 3.39. The van der Waals surface area contributed by atoms with E-state index in [1.807, 2.05) is 0 Å². The van der Waals surface area contributed by atoms with Gasteiger partial charge in [-0.2, -0.15) is 0 Å². The van der Waals surface area contributed by atoms with Gasteiger partial charge in [0.15, 0.2) is 9.84 Å². The van der Waals surface area contributed by atoms with E-state index in [0.29, 0.717) is 6.04 Å². The van der Waals surface area contributed by atoms with Crippen LogP contribution in [0.25, 0.3) is 0 Å². The molecular weight excluding hydrogens is 128 g/mol. The lowest BCUT2D eigenvalue weighted by Gasteiger charge is -2.20. The molecule has 0 atom stereocenters. The topological polar surface area (TPSA) is 15.3 Å². The fourth-order valence-electron chi connectivity index (χ4n) is 0.471. The van der Waals surface area contributed by atoms with Crippen molar-refractivity contribution in [2.45, 2.75) is 26.8 Å². The Hall–Kier alpha value is 0.137. The summed E-state index contributed by atoms with van der Waals surface area (Å²) in [5, 5.41) is 0. The highest BCUT2D eigenvalue weighted by Crippen LogP contribution is 1.86. The zero-order valence-corrected chi connectivity index (χ0v) is 8.35. The molecule has 0 amide bonds. The Balaban J connectivity index is 3.16. The fourth-order valence-corrected chi connectivity index (χ4v) is 1.41. The van der Waals surface area contributed by atoms with Gasteiger partial charge in [-0.05, 0) is 19.6 Å². The molecule has 0 bridgehead atoms. The van der Waals surface area contributed by atoms with Gasteiger partial charge < -0.3 is 9.55 Å². The van der Waals surface area contributed by atoms with Gasteiger partial charge in [0.05, 0.1) is 0 Å². The van der Waals surface area contributed by atoms with Crippen LogP contribution in [0.3, 0.4) is 0 Å². The molecule has 0 aliphatic carbocycles.